The summed E-state index contributed by atoms with van der Waals surface area (Å²) in [5, 5.41) is 5.71. The maximum absolute atomic E-state index is 12.0. The Hall–Kier alpha value is -1.83. The van der Waals surface area contributed by atoms with Gasteiger partial charge in [0.05, 0.1) is 36.5 Å². The maximum Gasteiger partial charge on any atom is 0.319 e. The Labute approximate surface area is 139 Å². The number of hydrogen-bond acceptors (Lipinski definition) is 4. The van der Waals surface area contributed by atoms with Crippen molar-refractivity contribution in [3.63, 3.8) is 0 Å². The SMILES string of the molecule is CN(C)C(=O)c1cc(NC(=O)NC[C@H]2COCCO2)ccc1Cl. The molecule has 0 aliphatic carbocycles. The first kappa shape index (κ1) is 17.5. The van der Waals surface area contributed by atoms with Crippen LogP contribution in [0.25, 0.3) is 0 Å². The molecule has 0 spiro atoms. The number of carbonyl (C=O) groups is 2. The van der Waals surface area contributed by atoms with Crippen LogP contribution in [0.4, 0.5) is 10.5 Å². The highest BCUT2D eigenvalue weighted by Gasteiger charge is 2.16. The van der Waals surface area contributed by atoms with E-state index in [0.29, 0.717) is 42.6 Å². The van der Waals surface area contributed by atoms with Crippen molar-refractivity contribution in [1.29, 1.82) is 0 Å². The second-order valence-corrected chi connectivity index (χ2v) is 5.70. The fourth-order valence-corrected chi connectivity index (χ4v) is 2.24. The van der Waals surface area contributed by atoms with Crippen LogP contribution in [0.15, 0.2) is 18.2 Å². The molecule has 0 aromatic heterocycles. The molecule has 1 atom stereocenters. The molecule has 1 aromatic rings. The van der Waals surface area contributed by atoms with Crippen LogP contribution in [0, 0.1) is 0 Å². The normalized spacial score (nSPS) is 17.4. The molecule has 3 amide bonds. The van der Waals surface area contributed by atoms with Crippen molar-refractivity contribution in [2.75, 3.05) is 45.8 Å². The zero-order valence-corrected chi connectivity index (χ0v) is 13.9. The minimum atomic E-state index is -0.384. The minimum absolute atomic E-state index is 0.148. The van der Waals surface area contributed by atoms with Crippen LogP contribution in [-0.2, 0) is 9.47 Å². The van der Waals surface area contributed by atoms with Gasteiger partial charge in [-0.2, -0.15) is 0 Å². The lowest BCUT2D eigenvalue weighted by atomic mass is 10.2. The molecule has 0 bridgehead atoms. The number of anilines is 1. The highest BCUT2D eigenvalue weighted by molar-refractivity contribution is 6.34. The van der Waals surface area contributed by atoms with Gasteiger partial charge in [0.1, 0.15) is 0 Å². The number of amides is 3. The monoisotopic (exact) mass is 341 g/mol. The third-order valence-corrected chi connectivity index (χ3v) is 3.57. The Kier molecular flexibility index (Phi) is 6.20. The summed E-state index contributed by atoms with van der Waals surface area (Å²) in [4.78, 5) is 25.3. The predicted octanol–water partition coefficient (Wildman–Crippen LogP) is 1.58. The van der Waals surface area contributed by atoms with Crippen molar-refractivity contribution < 1.29 is 19.1 Å². The molecule has 0 unspecified atom stereocenters. The Morgan fingerprint density at radius 2 is 2.13 bits per heavy atom. The average molecular weight is 342 g/mol. The van der Waals surface area contributed by atoms with E-state index in [1.165, 1.54) is 4.90 Å². The van der Waals surface area contributed by atoms with Crippen LogP contribution in [0.1, 0.15) is 10.4 Å². The summed E-state index contributed by atoms with van der Waals surface area (Å²) < 4.78 is 10.7. The second kappa shape index (κ2) is 8.14. The standard InChI is InChI=1S/C15H20ClN3O4/c1-19(2)14(20)12-7-10(3-4-13(12)16)18-15(21)17-8-11-9-22-5-6-23-11/h3-4,7,11H,5-6,8-9H2,1-2H3,(H2,17,18,21)/t11-/m0/s1. The van der Waals surface area contributed by atoms with Crippen molar-refractivity contribution in [3.05, 3.63) is 28.8 Å². The number of ether oxygens (including phenoxy) is 2. The Bertz CT molecular complexity index is 574. The summed E-state index contributed by atoms with van der Waals surface area (Å²) in [5.74, 6) is -0.230. The molecule has 7 nitrogen and oxygen atoms in total. The lowest BCUT2D eigenvalue weighted by Crippen LogP contribution is -2.41. The third kappa shape index (κ3) is 5.09. The summed E-state index contributed by atoms with van der Waals surface area (Å²) in [6, 6.07) is 4.37. The summed E-state index contributed by atoms with van der Waals surface area (Å²) in [6.45, 7) is 1.92. The number of halogens is 1. The molecule has 1 aliphatic rings. The van der Waals surface area contributed by atoms with E-state index in [4.69, 9.17) is 21.1 Å². The minimum Gasteiger partial charge on any atom is -0.376 e. The van der Waals surface area contributed by atoms with E-state index in [-0.39, 0.29) is 18.0 Å². The number of nitrogens with one attached hydrogen (secondary N) is 2. The lowest BCUT2D eigenvalue weighted by molar-refractivity contribution is -0.0852. The highest BCUT2D eigenvalue weighted by atomic mass is 35.5. The molecule has 0 saturated carbocycles. The smallest absolute Gasteiger partial charge is 0.319 e. The van der Waals surface area contributed by atoms with Gasteiger partial charge < -0.3 is 25.0 Å². The summed E-state index contributed by atoms with van der Waals surface area (Å²) in [5.41, 5.74) is 0.816. The van der Waals surface area contributed by atoms with Crippen molar-refractivity contribution >= 4 is 29.2 Å². The molecule has 8 heteroatoms. The first-order chi connectivity index (χ1) is 11.0. The van der Waals surface area contributed by atoms with Gasteiger partial charge in [-0.15, -0.1) is 0 Å². The van der Waals surface area contributed by atoms with E-state index < -0.39 is 0 Å². The molecule has 2 N–H and O–H groups in total. The number of hydrogen-bond donors (Lipinski definition) is 2. The molecule has 1 aromatic carbocycles. The lowest BCUT2D eigenvalue weighted by Gasteiger charge is -2.23. The van der Waals surface area contributed by atoms with Crippen molar-refractivity contribution in [1.82, 2.24) is 10.2 Å². The maximum atomic E-state index is 12.0. The van der Waals surface area contributed by atoms with E-state index in [2.05, 4.69) is 10.6 Å². The number of rotatable bonds is 4. The van der Waals surface area contributed by atoms with Crippen molar-refractivity contribution in [2.45, 2.75) is 6.10 Å². The topological polar surface area (TPSA) is 79.9 Å². The molecule has 1 heterocycles. The van der Waals surface area contributed by atoms with Crippen molar-refractivity contribution in [2.24, 2.45) is 0 Å². The van der Waals surface area contributed by atoms with E-state index in [9.17, 15) is 9.59 Å². The summed E-state index contributed by atoms with van der Waals surface area (Å²) in [6.07, 6.45) is -0.148. The molecule has 2 rings (SSSR count). The van der Waals surface area contributed by atoms with E-state index in [0.717, 1.165) is 0 Å². The fourth-order valence-electron chi connectivity index (χ4n) is 2.04. The fraction of sp³-hybridized carbons (Fsp3) is 0.467. The highest BCUT2D eigenvalue weighted by Crippen LogP contribution is 2.21. The number of carbonyl (C=O) groups excluding carboxylic acids is 2. The van der Waals surface area contributed by atoms with Gasteiger partial charge in [-0.25, -0.2) is 4.79 Å². The Morgan fingerprint density at radius 3 is 2.78 bits per heavy atom. The molecule has 23 heavy (non-hydrogen) atoms. The van der Waals surface area contributed by atoms with Gasteiger partial charge in [-0.05, 0) is 18.2 Å². The van der Waals surface area contributed by atoms with Crippen LogP contribution >= 0.6 is 11.6 Å². The number of urea groups is 1. The average Bonchev–Trinajstić information content (AvgIpc) is 2.55. The van der Waals surface area contributed by atoms with E-state index in [1.807, 2.05) is 0 Å². The predicted molar refractivity (Wildman–Crippen MR) is 87.0 cm³/mol. The first-order valence-electron chi connectivity index (χ1n) is 7.23. The molecule has 1 aliphatic heterocycles. The van der Waals surface area contributed by atoms with Gasteiger partial charge in [0.25, 0.3) is 5.91 Å². The molecule has 0 radical (unpaired) electrons. The first-order valence-corrected chi connectivity index (χ1v) is 7.60. The van der Waals surface area contributed by atoms with Gasteiger partial charge in [0.2, 0.25) is 0 Å². The molecule has 1 saturated heterocycles. The quantitative estimate of drug-likeness (QED) is 0.871. The zero-order valence-electron chi connectivity index (χ0n) is 13.1. The van der Waals surface area contributed by atoms with Crippen LogP contribution in [0.5, 0.6) is 0 Å². The molecule has 1 fully saturated rings. The van der Waals surface area contributed by atoms with Crippen LogP contribution in [0.2, 0.25) is 5.02 Å². The Morgan fingerprint density at radius 1 is 1.35 bits per heavy atom. The van der Waals surface area contributed by atoms with Gasteiger partial charge in [0, 0.05) is 26.3 Å². The summed E-state index contributed by atoms with van der Waals surface area (Å²) >= 11 is 6.03. The van der Waals surface area contributed by atoms with Gasteiger partial charge in [-0.3, -0.25) is 4.79 Å². The Balaban J connectivity index is 1.92. The van der Waals surface area contributed by atoms with E-state index in [1.54, 1.807) is 32.3 Å². The van der Waals surface area contributed by atoms with Crippen LogP contribution in [0.3, 0.4) is 0 Å². The third-order valence-electron chi connectivity index (χ3n) is 3.24. The van der Waals surface area contributed by atoms with Crippen LogP contribution < -0.4 is 10.6 Å². The summed E-state index contributed by atoms with van der Waals surface area (Å²) in [7, 11) is 3.27. The van der Waals surface area contributed by atoms with Crippen LogP contribution in [-0.4, -0.2) is 63.4 Å². The van der Waals surface area contributed by atoms with Gasteiger partial charge in [-0.1, -0.05) is 11.6 Å². The second-order valence-electron chi connectivity index (χ2n) is 5.30. The molecular formula is C15H20ClN3O4. The van der Waals surface area contributed by atoms with Gasteiger partial charge >= 0.3 is 6.03 Å². The largest absolute Gasteiger partial charge is 0.376 e. The number of nitrogens with zero attached hydrogens (tertiary/aromatic N) is 1. The molecular weight excluding hydrogens is 322 g/mol. The number of benzene rings is 1. The van der Waals surface area contributed by atoms with Crippen molar-refractivity contribution in [3.8, 4) is 0 Å². The van der Waals surface area contributed by atoms with Gasteiger partial charge in [0.15, 0.2) is 0 Å². The zero-order chi connectivity index (χ0) is 16.8. The van der Waals surface area contributed by atoms with E-state index >= 15 is 0 Å². The molecule has 126 valence electrons.